The Morgan fingerprint density at radius 2 is 2.16 bits per heavy atom. The van der Waals surface area contributed by atoms with Crippen LogP contribution >= 0.6 is 27.3 Å². The molecule has 2 nitrogen and oxygen atoms in total. The molecular weight excluding hydrogens is 322 g/mol. The number of ether oxygens (including phenoxy) is 1. The van der Waals surface area contributed by atoms with Crippen molar-refractivity contribution in [3.8, 4) is 5.75 Å². The molecule has 100 valence electrons. The molecule has 2 heterocycles. The fraction of sp³-hybridized carbons (Fsp3) is 0.333. The van der Waals surface area contributed by atoms with Crippen LogP contribution in [0.5, 0.6) is 5.75 Å². The van der Waals surface area contributed by atoms with Gasteiger partial charge in [0.2, 0.25) is 0 Å². The zero-order chi connectivity index (χ0) is 13.4. The Balaban J connectivity index is 1.95. The number of benzene rings is 1. The van der Waals surface area contributed by atoms with Crippen molar-refractivity contribution in [2.24, 2.45) is 0 Å². The maximum absolute atomic E-state index is 6.17. The van der Waals surface area contributed by atoms with Crippen molar-refractivity contribution in [3.63, 3.8) is 0 Å². The van der Waals surface area contributed by atoms with Gasteiger partial charge in [0.1, 0.15) is 11.9 Å². The van der Waals surface area contributed by atoms with Crippen LogP contribution in [0.3, 0.4) is 0 Å². The third-order valence-electron chi connectivity index (χ3n) is 3.49. The Morgan fingerprint density at radius 1 is 1.32 bits per heavy atom. The van der Waals surface area contributed by atoms with Gasteiger partial charge in [0.15, 0.2) is 0 Å². The molecule has 2 atom stereocenters. The summed E-state index contributed by atoms with van der Waals surface area (Å²) in [5.41, 5.74) is 1.24. The van der Waals surface area contributed by atoms with Gasteiger partial charge in [-0.1, -0.05) is 15.9 Å². The highest BCUT2D eigenvalue weighted by Crippen LogP contribution is 2.43. The van der Waals surface area contributed by atoms with Gasteiger partial charge in [-0.2, -0.15) is 0 Å². The van der Waals surface area contributed by atoms with Gasteiger partial charge in [0, 0.05) is 32.3 Å². The van der Waals surface area contributed by atoms with E-state index in [1.165, 1.54) is 15.3 Å². The Bertz CT molecular complexity index is 596. The lowest BCUT2D eigenvalue weighted by Crippen LogP contribution is -2.26. The van der Waals surface area contributed by atoms with Gasteiger partial charge in [-0.05, 0) is 44.3 Å². The summed E-state index contributed by atoms with van der Waals surface area (Å²) < 4.78 is 7.27. The van der Waals surface area contributed by atoms with E-state index in [9.17, 15) is 0 Å². The van der Waals surface area contributed by atoms with Gasteiger partial charge in [-0.3, -0.25) is 0 Å². The van der Waals surface area contributed by atoms with Crippen molar-refractivity contribution in [2.45, 2.75) is 25.5 Å². The summed E-state index contributed by atoms with van der Waals surface area (Å²) in [6.45, 7) is 2.14. The van der Waals surface area contributed by atoms with Crippen LogP contribution in [0.4, 0.5) is 0 Å². The molecule has 2 aromatic rings. The highest BCUT2D eigenvalue weighted by molar-refractivity contribution is 9.10. The normalized spacial score (nSPS) is 21.8. The Morgan fingerprint density at radius 3 is 2.84 bits per heavy atom. The van der Waals surface area contributed by atoms with Gasteiger partial charge in [-0.25, -0.2) is 0 Å². The topological polar surface area (TPSA) is 21.3 Å². The Kier molecular flexibility index (Phi) is 3.65. The number of hydrogen-bond donors (Lipinski definition) is 1. The second-order valence-corrected chi connectivity index (χ2v) is 7.05. The monoisotopic (exact) mass is 337 g/mol. The number of thiophene rings is 1. The van der Waals surface area contributed by atoms with Crippen LogP contribution < -0.4 is 10.1 Å². The molecule has 0 saturated carbocycles. The minimum atomic E-state index is 0.157. The summed E-state index contributed by atoms with van der Waals surface area (Å²) in [5, 5.41) is 3.40. The van der Waals surface area contributed by atoms with E-state index in [1.54, 1.807) is 0 Å². The molecule has 1 aromatic heterocycles. The number of rotatable bonds is 2. The molecule has 0 fully saturated rings. The molecule has 0 bridgehead atoms. The third kappa shape index (κ3) is 2.57. The molecular formula is C15H16BrNOS. The molecule has 1 aliphatic heterocycles. The van der Waals surface area contributed by atoms with Crippen molar-refractivity contribution in [2.75, 3.05) is 7.05 Å². The predicted molar refractivity (Wildman–Crippen MR) is 83.0 cm³/mol. The number of halogens is 1. The molecule has 1 aliphatic rings. The van der Waals surface area contributed by atoms with Crippen molar-refractivity contribution in [3.05, 3.63) is 50.1 Å². The number of fused-ring (bicyclic) bond motifs is 1. The maximum Gasteiger partial charge on any atom is 0.135 e. The summed E-state index contributed by atoms with van der Waals surface area (Å²) in [6.07, 6.45) is 1.13. The van der Waals surface area contributed by atoms with Gasteiger partial charge in [0.05, 0.1) is 0 Å². The second kappa shape index (κ2) is 5.27. The number of nitrogens with one attached hydrogen (secondary N) is 1. The van der Waals surface area contributed by atoms with E-state index >= 15 is 0 Å². The maximum atomic E-state index is 6.17. The predicted octanol–water partition coefficient (Wildman–Crippen LogP) is 4.60. The average Bonchev–Trinajstić information content (AvgIpc) is 2.84. The minimum Gasteiger partial charge on any atom is -0.484 e. The first kappa shape index (κ1) is 13.2. The molecule has 0 amide bonds. The standard InChI is InChI=1S/C15H16BrNOS/c1-9-3-6-15(19-9)14-8-12(17-2)11-7-10(16)4-5-13(11)18-14/h3-7,12,14,17H,8H2,1-2H3. The molecule has 0 radical (unpaired) electrons. The average molecular weight is 338 g/mol. The van der Waals surface area contributed by atoms with Crippen LogP contribution in [-0.4, -0.2) is 7.05 Å². The molecule has 0 aliphatic carbocycles. The van der Waals surface area contributed by atoms with Crippen molar-refractivity contribution >= 4 is 27.3 Å². The molecule has 2 unspecified atom stereocenters. The quantitative estimate of drug-likeness (QED) is 0.864. The lowest BCUT2D eigenvalue weighted by molar-refractivity contribution is 0.157. The first-order valence-corrected chi connectivity index (χ1v) is 7.98. The van der Waals surface area contributed by atoms with Crippen LogP contribution in [0.15, 0.2) is 34.8 Å². The summed E-state index contributed by atoms with van der Waals surface area (Å²) in [6, 6.07) is 10.9. The van der Waals surface area contributed by atoms with Crippen molar-refractivity contribution < 1.29 is 4.74 Å². The van der Waals surface area contributed by atoms with Crippen LogP contribution in [0.2, 0.25) is 0 Å². The van der Waals surface area contributed by atoms with E-state index in [-0.39, 0.29) is 6.10 Å². The molecule has 4 heteroatoms. The van der Waals surface area contributed by atoms with E-state index in [1.807, 2.05) is 24.5 Å². The van der Waals surface area contributed by atoms with E-state index in [0.29, 0.717) is 6.04 Å². The van der Waals surface area contributed by atoms with Crippen LogP contribution in [0.25, 0.3) is 0 Å². The van der Waals surface area contributed by atoms with Gasteiger partial charge in [0.25, 0.3) is 0 Å². The fourth-order valence-electron chi connectivity index (χ4n) is 2.52. The number of hydrogen-bond acceptors (Lipinski definition) is 3. The fourth-order valence-corrected chi connectivity index (χ4v) is 3.81. The minimum absolute atomic E-state index is 0.157. The molecule has 1 N–H and O–H groups in total. The summed E-state index contributed by atoms with van der Waals surface area (Å²) >= 11 is 5.35. The first-order chi connectivity index (χ1) is 9.17. The smallest absolute Gasteiger partial charge is 0.135 e. The van der Waals surface area contributed by atoms with Crippen molar-refractivity contribution in [1.29, 1.82) is 0 Å². The SMILES string of the molecule is CNC1CC(c2ccc(C)s2)Oc2ccc(Br)cc21. The highest BCUT2D eigenvalue weighted by Gasteiger charge is 2.29. The second-order valence-electron chi connectivity index (χ2n) is 4.81. The third-order valence-corrected chi connectivity index (χ3v) is 5.08. The van der Waals surface area contributed by atoms with Gasteiger partial charge < -0.3 is 10.1 Å². The van der Waals surface area contributed by atoms with Crippen molar-refractivity contribution in [1.82, 2.24) is 5.32 Å². The Labute approximate surface area is 125 Å². The first-order valence-electron chi connectivity index (χ1n) is 6.37. The largest absolute Gasteiger partial charge is 0.484 e. The summed E-state index contributed by atoms with van der Waals surface area (Å²) in [5.74, 6) is 0.991. The van der Waals surface area contributed by atoms with Crippen LogP contribution in [-0.2, 0) is 0 Å². The van der Waals surface area contributed by atoms with Gasteiger partial charge in [-0.15, -0.1) is 11.3 Å². The lowest BCUT2D eigenvalue weighted by atomic mass is 9.96. The van der Waals surface area contributed by atoms with E-state index in [0.717, 1.165) is 16.6 Å². The van der Waals surface area contributed by atoms with Crippen LogP contribution in [0.1, 0.15) is 33.9 Å². The Hall–Kier alpha value is -0.840. The van der Waals surface area contributed by atoms with E-state index in [2.05, 4.69) is 52.4 Å². The molecule has 1 aromatic carbocycles. The number of aryl methyl sites for hydroxylation is 1. The summed E-state index contributed by atoms with van der Waals surface area (Å²) in [4.78, 5) is 2.65. The van der Waals surface area contributed by atoms with E-state index < -0.39 is 0 Å². The molecule has 3 rings (SSSR count). The zero-order valence-electron chi connectivity index (χ0n) is 10.9. The molecule has 19 heavy (non-hydrogen) atoms. The van der Waals surface area contributed by atoms with Gasteiger partial charge >= 0.3 is 0 Å². The lowest BCUT2D eigenvalue weighted by Gasteiger charge is -2.31. The molecule has 0 saturated heterocycles. The summed E-state index contributed by atoms with van der Waals surface area (Å²) in [7, 11) is 2.01. The van der Waals surface area contributed by atoms with Crippen LogP contribution in [0, 0.1) is 6.92 Å². The van der Waals surface area contributed by atoms with E-state index in [4.69, 9.17) is 4.74 Å². The zero-order valence-corrected chi connectivity index (χ0v) is 13.3. The highest BCUT2D eigenvalue weighted by atomic mass is 79.9. The molecule has 0 spiro atoms.